The minimum Gasteiger partial charge on any atom is -0.389 e. The van der Waals surface area contributed by atoms with Crippen LogP contribution in [0.3, 0.4) is 0 Å². The molecule has 0 amide bonds. The predicted octanol–water partition coefficient (Wildman–Crippen LogP) is 2.44. The fourth-order valence-electron chi connectivity index (χ4n) is 3.00. The zero-order valence-corrected chi connectivity index (χ0v) is 12.5. The second kappa shape index (κ2) is 4.75. The monoisotopic (exact) mass is 275 g/mol. The van der Waals surface area contributed by atoms with E-state index in [9.17, 15) is 0 Å². The first-order chi connectivity index (χ1) is 9.08. The number of nitrogens with zero attached hydrogens (tertiary/aromatic N) is 2. The molecule has 0 radical (unpaired) electrons. The number of fused-ring (bicyclic) bond motifs is 1. The molecule has 1 aromatic rings. The Hall–Kier alpha value is -1.16. The molecule has 2 aliphatic carbocycles. The number of aromatic nitrogens is 1. The zero-order chi connectivity index (χ0) is 13.6. The van der Waals surface area contributed by atoms with Crippen LogP contribution in [0.15, 0.2) is 6.07 Å². The lowest BCUT2D eigenvalue weighted by Gasteiger charge is -2.28. The molecule has 1 saturated carbocycles. The summed E-state index contributed by atoms with van der Waals surface area (Å²) in [6, 6.07) is 2.68. The molecule has 19 heavy (non-hydrogen) atoms. The summed E-state index contributed by atoms with van der Waals surface area (Å²) < 4.78 is 0. The van der Waals surface area contributed by atoms with Gasteiger partial charge < -0.3 is 10.6 Å². The quantitative estimate of drug-likeness (QED) is 0.857. The molecule has 1 unspecified atom stereocenters. The maximum absolute atomic E-state index is 5.90. The molecule has 0 bridgehead atoms. The molecule has 0 aliphatic heterocycles. The van der Waals surface area contributed by atoms with Crippen LogP contribution in [0, 0.1) is 5.92 Å². The van der Waals surface area contributed by atoms with E-state index < -0.39 is 0 Å². The van der Waals surface area contributed by atoms with Crippen molar-refractivity contribution in [3.63, 3.8) is 0 Å². The number of nitrogens with two attached hydrogens (primary N) is 1. The average molecular weight is 275 g/mol. The van der Waals surface area contributed by atoms with Crippen LogP contribution in [0.2, 0.25) is 0 Å². The van der Waals surface area contributed by atoms with Crippen molar-refractivity contribution in [1.29, 1.82) is 0 Å². The van der Waals surface area contributed by atoms with Gasteiger partial charge in [0.1, 0.15) is 10.8 Å². The first kappa shape index (κ1) is 12.9. The molecule has 0 saturated heterocycles. The minimum absolute atomic E-state index is 0.465. The number of pyridine rings is 1. The van der Waals surface area contributed by atoms with Gasteiger partial charge in [0.2, 0.25) is 0 Å². The van der Waals surface area contributed by atoms with Gasteiger partial charge in [-0.15, -0.1) is 0 Å². The second-order valence-electron chi connectivity index (χ2n) is 5.87. The third kappa shape index (κ3) is 2.34. The molecule has 3 nitrogen and oxygen atoms in total. The Balaban J connectivity index is 2.00. The third-order valence-electron chi connectivity index (χ3n) is 4.55. The normalized spacial score (nSPS) is 19.1. The molecule has 1 fully saturated rings. The van der Waals surface area contributed by atoms with Crippen LogP contribution < -0.4 is 10.6 Å². The first-order valence-electron chi connectivity index (χ1n) is 7.13. The van der Waals surface area contributed by atoms with E-state index in [-0.39, 0.29) is 0 Å². The van der Waals surface area contributed by atoms with Gasteiger partial charge >= 0.3 is 0 Å². The Morgan fingerprint density at radius 2 is 2.21 bits per heavy atom. The summed E-state index contributed by atoms with van der Waals surface area (Å²) in [7, 11) is 2.12. The van der Waals surface area contributed by atoms with Crippen LogP contribution >= 0.6 is 12.2 Å². The van der Waals surface area contributed by atoms with Gasteiger partial charge in [0.15, 0.2) is 0 Å². The molecular formula is C15H21N3S. The zero-order valence-electron chi connectivity index (χ0n) is 11.6. The molecule has 2 aliphatic rings. The van der Waals surface area contributed by atoms with E-state index >= 15 is 0 Å². The number of rotatable bonds is 4. The fourth-order valence-corrected chi connectivity index (χ4v) is 3.15. The summed E-state index contributed by atoms with van der Waals surface area (Å²) in [6.45, 7) is 2.27. The van der Waals surface area contributed by atoms with Crippen molar-refractivity contribution in [3.05, 3.63) is 22.9 Å². The van der Waals surface area contributed by atoms with Crippen LogP contribution in [-0.2, 0) is 12.8 Å². The molecule has 1 atom stereocenters. The summed E-state index contributed by atoms with van der Waals surface area (Å²) in [5.74, 6) is 1.78. The number of thiocarbonyl (C=S) groups is 1. The van der Waals surface area contributed by atoms with Crippen LogP contribution in [0.4, 0.5) is 5.82 Å². The maximum Gasteiger partial charge on any atom is 0.139 e. The smallest absolute Gasteiger partial charge is 0.139 e. The van der Waals surface area contributed by atoms with Gasteiger partial charge in [-0.2, -0.15) is 0 Å². The van der Waals surface area contributed by atoms with E-state index in [1.54, 1.807) is 0 Å². The van der Waals surface area contributed by atoms with Gasteiger partial charge in [-0.3, -0.25) is 0 Å². The Labute approximate surface area is 120 Å². The van der Waals surface area contributed by atoms with Gasteiger partial charge in [0, 0.05) is 18.8 Å². The SMILES string of the molecule is CC(C1CC1)N(C)c1nc2c(cc1C(N)=S)CCC2. The highest BCUT2D eigenvalue weighted by molar-refractivity contribution is 7.80. The summed E-state index contributed by atoms with van der Waals surface area (Å²) in [6.07, 6.45) is 6.06. The van der Waals surface area contributed by atoms with Crippen molar-refractivity contribution >= 4 is 23.0 Å². The Kier molecular flexibility index (Phi) is 3.21. The molecule has 3 rings (SSSR count). The lowest BCUT2D eigenvalue weighted by Crippen LogP contribution is -2.33. The summed E-state index contributed by atoms with van der Waals surface area (Å²) in [4.78, 5) is 7.60. The highest BCUT2D eigenvalue weighted by atomic mass is 32.1. The molecule has 1 aromatic heterocycles. The number of hydrogen-bond donors (Lipinski definition) is 1. The maximum atomic E-state index is 5.90. The third-order valence-corrected chi connectivity index (χ3v) is 4.77. The van der Waals surface area contributed by atoms with E-state index in [0.717, 1.165) is 30.1 Å². The van der Waals surface area contributed by atoms with E-state index in [4.69, 9.17) is 22.9 Å². The number of hydrogen-bond acceptors (Lipinski definition) is 3. The van der Waals surface area contributed by atoms with E-state index in [1.165, 1.54) is 30.5 Å². The van der Waals surface area contributed by atoms with Gasteiger partial charge in [-0.25, -0.2) is 4.98 Å². The van der Waals surface area contributed by atoms with Gasteiger partial charge in [0.05, 0.1) is 5.56 Å². The van der Waals surface area contributed by atoms with Crippen LogP contribution in [0.5, 0.6) is 0 Å². The summed E-state index contributed by atoms with van der Waals surface area (Å²) in [5, 5.41) is 0. The lowest BCUT2D eigenvalue weighted by atomic mass is 10.1. The van der Waals surface area contributed by atoms with Crippen molar-refractivity contribution in [2.45, 2.75) is 45.1 Å². The number of anilines is 1. The van der Waals surface area contributed by atoms with Crippen LogP contribution in [-0.4, -0.2) is 23.1 Å². The summed E-state index contributed by atoms with van der Waals surface area (Å²) >= 11 is 5.22. The van der Waals surface area contributed by atoms with E-state index in [1.807, 2.05) is 0 Å². The highest BCUT2D eigenvalue weighted by Gasteiger charge is 2.32. The molecule has 0 spiro atoms. The summed E-state index contributed by atoms with van der Waals surface area (Å²) in [5.41, 5.74) is 9.43. The Morgan fingerprint density at radius 3 is 2.84 bits per heavy atom. The van der Waals surface area contributed by atoms with Crippen molar-refractivity contribution in [2.24, 2.45) is 11.7 Å². The fraction of sp³-hybridized carbons (Fsp3) is 0.600. The topological polar surface area (TPSA) is 42.2 Å². The molecule has 2 N–H and O–H groups in total. The number of aryl methyl sites for hydroxylation is 2. The second-order valence-corrected chi connectivity index (χ2v) is 6.31. The first-order valence-corrected chi connectivity index (χ1v) is 7.54. The van der Waals surface area contributed by atoms with Crippen molar-refractivity contribution in [3.8, 4) is 0 Å². The van der Waals surface area contributed by atoms with Gasteiger partial charge in [-0.1, -0.05) is 12.2 Å². The lowest BCUT2D eigenvalue weighted by molar-refractivity contribution is 0.603. The molecule has 0 aromatic carbocycles. The highest BCUT2D eigenvalue weighted by Crippen LogP contribution is 2.37. The van der Waals surface area contributed by atoms with Crippen LogP contribution in [0.1, 0.15) is 43.0 Å². The van der Waals surface area contributed by atoms with Crippen molar-refractivity contribution in [1.82, 2.24) is 4.98 Å². The molecule has 102 valence electrons. The van der Waals surface area contributed by atoms with E-state index in [0.29, 0.717) is 11.0 Å². The van der Waals surface area contributed by atoms with Gasteiger partial charge in [-0.05, 0) is 56.6 Å². The average Bonchev–Trinajstić information content (AvgIpc) is 3.14. The van der Waals surface area contributed by atoms with Crippen LogP contribution in [0.25, 0.3) is 0 Å². The Bertz CT molecular complexity index is 522. The van der Waals surface area contributed by atoms with Crippen molar-refractivity contribution < 1.29 is 0 Å². The standard InChI is InChI=1S/C15H21N3S/c1-9(10-6-7-10)18(2)15-12(14(16)19)8-11-4-3-5-13(11)17-15/h8-10H,3-7H2,1-2H3,(H2,16,19). The Morgan fingerprint density at radius 1 is 1.47 bits per heavy atom. The predicted molar refractivity (Wildman–Crippen MR) is 82.7 cm³/mol. The largest absolute Gasteiger partial charge is 0.389 e. The molecule has 4 heteroatoms. The van der Waals surface area contributed by atoms with E-state index in [2.05, 4.69) is 24.9 Å². The molecule has 1 heterocycles. The molecular weight excluding hydrogens is 254 g/mol. The van der Waals surface area contributed by atoms with Crippen molar-refractivity contribution in [2.75, 3.05) is 11.9 Å². The van der Waals surface area contributed by atoms with Gasteiger partial charge in [0.25, 0.3) is 0 Å². The minimum atomic E-state index is 0.465.